The Morgan fingerprint density at radius 3 is 2.90 bits per heavy atom. The van der Waals surface area contributed by atoms with Crippen LogP contribution in [-0.2, 0) is 6.42 Å². The molecule has 20 heavy (non-hydrogen) atoms. The summed E-state index contributed by atoms with van der Waals surface area (Å²) in [5.41, 5.74) is 0.00543. The summed E-state index contributed by atoms with van der Waals surface area (Å²) in [6.07, 6.45) is 2.36. The second-order valence-electron chi connectivity index (χ2n) is 3.89. The average molecular weight is 293 g/mol. The van der Waals surface area contributed by atoms with E-state index >= 15 is 0 Å². The van der Waals surface area contributed by atoms with Gasteiger partial charge in [-0.3, -0.25) is 10.1 Å². The highest BCUT2D eigenvalue weighted by Gasteiger charge is 2.15. The van der Waals surface area contributed by atoms with E-state index in [1.54, 1.807) is 6.20 Å². The van der Waals surface area contributed by atoms with E-state index in [-0.39, 0.29) is 11.3 Å². The van der Waals surface area contributed by atoms with Gasteiger partial charge >= 0.3 is 5.97 Å². The summed E-state index contributed by atoms with van der Waals surface area (Å²) in [5.74, 6) is -1.20. The summed E-state index contributed by atoms with van der Waals surface area (Å²) in [6, 6.07) is 3.73. The van der Waals surface area contributed by atoms with E-state index in [0.717, 1.165) is 11.1 Å². The number of rotatable bonds is 6. The van der Waals surface area contributed by atoms with E-state index < -0.39 is 10.9 Å². The van der Waals surface area contributed by atoms with E-state index in [9.17, 15) is 14.9 Å². The molecule has 0 saturated heterocycles. The minimum atomic E-state index is -1.20. The van der Waals surface area contributed by atoms with E-state index in [2.05, 4.69) is 10.3 Å². The zero-order valence-corrected chi connectivity index (χ0v) is 11.1. The molecule has 2 rings (SSSR count). The van der Waals surface area contributed by atoms with Gasteiger partial charge in [0.15, 0.2) is 0 Å². The molecule has 0 amide bonds. The van der Waals surface area contributed by atoms with Crippen molar-refractivity contribution in [3.05, 3.63) is 50.5 Å². The van der Waals surface area contributed by atoms with Crippen LogP contribution in [0.2, 0.25) is 0 Å². The largest absolute Gasteiger partial charge is 0.478 e. The highest BCUT2D eigenvalue weighted by molar-refractivity contribution is 7.09. The second-order valence-corrected chi connectivity index (χ2v) is 4.87. The smallest absolute Gasteiger partial charge is 0.338 e. The van der Waals surface area contributed by atoms with Gasteiger partial charge in [-0.2, -0.15) is 0 Å². The van der Waals surface area contributed by atoms with Crippen LogP contribution in [0.25, 0.3) is 0 Å². The maximum Gasteiger partial charge on any atom is 0.338 e. The van der Waals surface area contributed by atoms with Crippen molar-refractivity contribution in [2.45, 2.75) is 6.42 Å². The molecule has 2 aromatic rings. The fourth-order valence-corrected chi connectivity index (χ4v) is 2.28. The van der Waals surface area contributed by atoms with Crippen molar-refractivity contribution in [3.63, 3.8) is 0 Å². The average Bonchev–Trinajstić information content (AvgIpc) is 2.91. The molecule has 0 fully saturated rings. The highest BCUT2D eigenvalue weighted by atomic mass is 32.1. The van der Waals surface area contributed by atoms with Crippen molar-refractivity contribution in [2.75, 3.05) is 11.9 Å². The lowest BCUT2D eigenvalue weighted by atomic mass is 10.1. The molecule has 0 bridgehead atoms. The third-order valence-electron chi connectivity index (χ3n) is 2.58. The topological polar surface area (TPSA) is 105 Å². The number of hydrogen-bond donors (Lipinski definition) is 2. The predicted octanol–water partition coefficient (Wildman–Crippen LogP) is 2.40. The number of carboxylic acid groups (broad SMARTS) is 1. The van der Waals surface area contributed by atoms with Gasteiger partial charge in [-0.1, -0.05) is 0 Å². The van der Waals surface area contributed by atoms with Crippen LogP contribution in [0.5, 0.6) is 0 Å². The number of non-ortho nitro benzene ring substituents is 1. The number of anilines is 1. The molecule has 8 heteroatoms. The van der Waals surface area contributed by atoms with Crippen molar-refractivity contribution in [1.29, 1.82) is 0 Å². The molecule has 0 aliphatic heterocycles. The number of nitrogens with one attached hydrogen (secondary N) is 1. The Kier molecular flexibility index (Phi) is 4.26. The number of thiazole rings is 1. The van der Waals surface area contributed by atoms with Crippen LogP contribution in [0.1, 0.15) is 15.4 Å². The number of carboxylic acids is 1. The molecule has 1 heterocycles. The first-order valence-electron chi connectivity index (χ1n) is 5.72. The zero-order chi connectivity index (χ0) is 14.5. The van der Waals surface area contributed by atoms with E-state index in [4.69, 9.17) is 5.11 Å². The Bertz CT molecular complexity index is 628. The van der Waals surface area contributed by atoms with Gasteiger partial charge in [-0.15, -0.1) is 11.3 Å². The lowest BCUT2D eigenvalue weighted by Gasteiger charge is -2.08. The first-order chi connectivity index (χ1) is 9.58. The highest BCUT2D eigenvalue weighted by Crippen LogP contribution is 2.22. The molecule has 7 nitrogen and oxygen atoms in total. The second kappa shape index (κ2) is 6.11. The molecule has 0 aliphatic rings. The van der Waals surface area contributed by atoms with Gasteiger partial charge in [0.05, 0.1) is 15.5 Å². The Labute approximate surface area is 118 Å². The Hall–Kier alpha value is -2.48. The molecule has 0 atom stereocenters. The third-order valence-corrected chi connectivity index (χ3v) is 3.42. The summed E-state index contributed by atoms with van der Waals surface area (Å²) in [6.45, 7) is 0.506. The molecule has 0 radical (unpaired) electrons. The van der Waals surface area contributed by atoms with Gasteiger partial charge < -0.3 is 10.4 Å². The molecule has 0 unspecified atom stereocenters. The molecule has 2 N–H and O–H groups in total. The summed E-state index contributed by atoms with van der Waals surface area (Å²) >= 11 is 1.52. The van der Waals surface area contributed by atoms with Crippen molar-refractivity contribution in [1.82, 2.24) is 4.98 Å². The molecular formula is C12H11N3O4S. The first-order valence-corrected chi connectivity index (χ1v) is 6.60. The molecule has 1 aromatic heterocycles. The van der Waals surface area contributed by atoms with Crippen LogP contribution in [-0.4, -0.2) is 27.5 Å². The van der Waals surface area contributed by atoms with Gasteiger partial charge in [0.1, 0.15) is 0 Å². The minimum absolute atomic E-state index is 0.113. The number of benzene rings is 1. The van der Waals surface area contributed by atoms with Crippen molar-refractivity contribution in [3.8, 4) is 0 Å². The van der Waals surface area contributed by atoms with Gasteiger partial charge in [-0.05, 0) is 6.07 Å². The molecular weight excluding hydrogens is 282 g/mol. The maximum absolute atomic E-state index is 11.1. The van der Waals surface area contributed by atoms with Gasteiger partial charge in [0.2, 0.25) is 0 Å². The van der Waals surface area contributed by atoms with Crippen LogP contribution in [0.15, 0.2) is 29.8 Å². The lowest BCUT2D eigenvalue weighted by molar-refractivity contribution is -0.384. The van der Waals surface area contributed by atoms with E-state index in [1.165, 1.54) is 23.5 Å². The van der Waals surface area contributed by atoms with Gasteiger partial charge in [0.25, 0.3) is 5.69 Å². The lowest BCUT2D eigenvalue weighted by Crippen LogP contribution is -2.10. The minimum Gasteiger partial charge on any atom is -0.478 e. The van der Waals surface area contributed by atoms with Crippen LogP contribution in [0, 0.1) is 10.1 Å². The van der Waals surface area contributed by atoms with Crippen LogP contribution < -0.4 is 5.32 Å². The van der Waals surface area contributed by atoms with E-state index in [1.807, 2.05) is 5.38 Å². The van der Waals surface area contributed by atoms with Crippen LogP contribution >= 0.6 is 11.3 Å². The van der Waals surface area contributed by atoms with E-state index in [0.29, 0.717) is 18.7 Å². The van der Waals surface area contributed by atoms with Crippen LogP contribution in [0.4, 0.5) is 11.4 Å². The number of hydrogen-bond acceptors (Lipinski definition) is 6. The molecule has 0 aliphatic carbocycles. The summed E-state index contributed by atoms with van der Waals surface area (Å²) in [5, 5.41) is 25.5. The summed E-state index contributed by atoms with van der Waals surface area (Å²) in [4.78, 5) is 25.3. The molecule has 104 valence electrons. The predicted molar refractivity (Wildman–Crippen MR) is 74.4 cm³/mol. The fraction of sp³-hybridized carbons (Fsp3) is 0.167. The number of nitrogens with zero attached hydrogens (tertiary/aromatic N) is 2. The quantitative estimate of drug-likeness (QED) is 0.626. The molecule has 0 spiro atoms. The third kappa shape index (κ3) is 3.29. The number of aromatic nitrogens is 1. The number of aromatic carboxylic acids is 1. The molecule has 0 saturated carbocycles. The summed E-state index contributed by atoms with van der Waals surface area (Å²) < 4.78 is 0. The first kappa shape index (κ1) is 13.9. The normalized spacial score (nSPS) is 10.2. The fourth-order valence-electron chi connectivity index (χ4n) is 1.66. The Balaban J connectivity index is 2.10. The van der Waals surface area contributed by atoms with Crippen LogP contribution in [0.3, 0.4) is 0 Å². The Morgan fingerprint density at radius 1 is 1.50 bits per heavy atom. The maximum atomic E-state index is 11.1. The molecule has 1 aromatic carbocycles. The van der Waals surface area contributed by atoms with Gasteiger partial charge in [-0.25, -0.2) is 9.78 Å². The number of carbonyl (C=O) groups is 1. The van der Waals surface area contributed by atoms with Crippen molar-refractivity contribution < 1.29 is 14.8 Å². The SMILES string of the molecule is O=C(O)c1cc([N+](=O)[O-])ccc1NCCc1nccs1. The number of nitro benzene ring substituents is 1. The Morgan fingerprint density at radius 2 is 2.30 bits per heavy atom. The summed E-state index contributed by atoms with van der Waals surface area (Å²) in [7, 11) is 0. The van der Waals surface area contributed by atoms with Crippen molar-refractivity contribution in [2.24, 2.45) is 0 Å². The monoisotopic (exact) mass is 293 g/mol. The zero-order valence-electron chi connectivity index (χ0n) is 10.3. The van der Waals surface area contributed by atoms with Crippen molar-refractivity contribution >= 4 is 28.7 Å². The number of nitro groups is 1. The standard InChI is InChI=1S/C12H11N3O4S/c16-12(17)9-7-8(15(18)19)1-2-10(9)13-4-3-11-14-5-6-20-11/h1-2,5-7,13H,3-4H2,(H,16,17). The van der Waals surface area contributed by atoms with Gasteiger partial charge in [0, 0.05) is 42.4 Å².